The maximum absolute atomic E-state index is 4.88. The zero-order chi connectivity index (χ0) is 18.5. The number of rotatable bonds is 5. The van der Waals surface area contributed by atoms with E-state index in [0.29, 0.717) is 6.04 Å². The van der Waals surface area contributed by atoms with E-state index in [0.717, 1.165) is 48.8 Å². The molecule has 1 aromatic carbocycles. The van der Waals surface area contributed by atoms with Crippen molar-refractivity contribution in [1.29, 1.82) is 0 Å². The molecule has 1 aliphatic heterocycles. The van der Waals surface area contributed by atoms with Gasteiger partial charge >= 0.3 is 0 Å². The first-order valence-electron chi connectivity index (χ1n) is 9.66. The van der Waals surface area contributed by atoms with Crippen molar-refractivity contribution < 1.29 is 0 Å². The zero-order valence-corrected chi connectivity index (χ0v) is 15.7. The van der Waals surface area contributed by atoms with E-state index in [4.69, 9.17) is 9.97 Å². The third-order valence-electron chi connectivity index (χ3n) is 4.96. The van der Waals surface area contributed by atoms with E-state index in [9.17, 15) is 0 Å². The van der Waals surface area contributed by atoms with Crippen LogP contribution in [0.4, 0.5) is 11.5 Å². The first kappa shape index (κ1) is 17.5. The van der Waals surface area contributed by atoms with E-state index in [1.165, 1.54) is 12.1 Å². The molecule has 3 heterocycles. The number of hydrogen-bond acceptors (Lipinski definition) is 5. The van der Waals surface area contributed by atoms with Gasteiger partial charge in [-0.2, -0.15) is 0 Å². The minimum Gasteiger partial charge on any atom is -0.381 e. The molecule has 0 radical (unpaired) electrons. The number of hydrogen-bond donors (Lipinski definition) is 1. The first-order valence-corrected chi connectivity index (χ1v) is 9.66. The molecule has 1 fully saturated rings. The van der Waals surface area contributed by atoms with E-state index >= 15 is 0 Å². The Balaban J connectivity index is 1.56. The maximum atomic E-state index is 4.88. The van der Waals surface area contributed by atoms with Crippen molar-refractivity contribution in [2.24, 2.45) is 0 Å². The number of para-hydroxylation sites is 1. The van der Waals surface area contributed by atoms with Gasteiger partial charge in [0, 0.05) is 54.5 Å². The Morgan fingerprint density at radius 1 is 1.07 bits per heavy atom. The molecule has 5 heteroatoms. The SMILES string of the molecule is CCc1cc(N2CCCC(Nc3ccccc3)C2)nc(-c2ccncc2)n1. The van der Waals surface area contributed by atoms with Crippen LogP contribution in [0.25, 0.3) is 11.4 Å². The molecule has 0 spiro atoms. The Morgan fingerprint density at radius 3 is 2.67 bits per heavy atom. The van der Waals surface area contributed by atoms with Gasteiger partial charge in [0.05, 0.1) is 0 Å². The predicted octanol–water partition coefficient (Wildman–Crippen LogP) is 4.18. The molecule has 1 N–H and O–H groups in total. The number of nitrogens with one attached hydrogen (secondary N) is 1. The summed E-state index contributed by atoms with van der Waals surface area (Å²) in [7, 11) is 0. The highest BCUT2D eigenvalue weighted by Gasteiger charge is 2.22. The molecule has 4 rings (SSSR count). The van der Waals surface area contributed by atoms with Gasteiger partial charge in [-0.3, -0.25) is 4.98 Å². The lowest BCUT2D eigenvalue weighted by Crippen LogP contribution is -2.42. The number of anilines is 2. The number of benzene rings is 1. The number of nitrogens with zero attached hydrogens (tertiary/aromatic N) is 4. The van der Waals surface area contributed by atoms with Crippen LogP contribution in [0.3, 0.4) is 0 Å². The van der Waals surface area contributed by atoms with E-state index in [1.807, 2.05) is 18.2 Å². The highest BCUT2D eigenvalue weighted by atomic mass is 15.2. The van der Waals surface area contributed by atoms with Gasteiger partial charge < -0.3 is 10.2 Å². The van der Waals surface area contributed by atoms with E-state index < -0.39 is 0 Å². The van der Waals surface area contributed by atoms with Crippen molar-refractivity contribution >= 4 is 11.5 Å². The number of piperidine rings is 1. The smallest absolute Gasteiger partial charge is 0.161 e. The summed E-state index contributed by atoms with van der Waals surface area (Å²) in [6.45, 7) is 4.12. The monoisotopic (exact) mass is 359 g/mol. The summed E-state index contributed by atoms with van der Waals surface area (Å²) in [6, 6.07) is 16.9. The topological polar surface area (TPSA) is 53.9 Å². The zero-order valence-electron chi connectivity index (χ0n) is 15.7. The molecule has 5 nitrogen and oxygen atoms in total. The fraction of sp³-hybridized carbons (Fsp3) is 0.318. The van der Waals surface area contributed by atoms with Gasteiger partial charge in [-0.25, -0.2) is 9.97 Å². The predicted molar refractivity (Wildman–Crippen MR) is 110 cm³/mol. The van der Waals surface area contributed by atoms with Crippen molar-refractivity contribution in [1.82, 2.24) is 15.0 Å². The summed E-state index contributed by atoms with van der Waals surface area (Å²) in [6.07, 6.45) is 6.80. The van der Waals surface area contributed by atoms with Crippen LogP contribution in [0, 0.1) is 0 Å². The minimum atomic E-state index is 0.422. The molecule has 1 aliphatic rings. The average Bonchev–Trinajstić information content (AvgIpc) is 2.75. The summed E-state index contributed by atoms with van der Waals surface area (Å²) in [5, 5.41) is 3.66. The van der Waals surface area contributed by atoms with Crippen molar-refractivity contribution in [3.63, 3.8) is 0 Å². The van der Waals surface area contributed by atoms with Crippen LogP contribution >= 0.6 is 0 Å². The highest BCUT2D eigenvalue weighted by molar-refractivity contribution is 5.57. The summed E-state index contributed by atoms with van der Waals surface area (Å²) in [4.78, 5) is 16.1. The third-order valence-corrected chi connectivity index (χ3v) is 4.96. The summed E-state index contributed by atoms with van der Waals surface area (Å²) in [5.74, 6) is 1.80. The van der Waals surface area contributed by atoms with Crippen molar-refractivity contribution in [3.05, 3.63) is 66.6 Å². The lowest BCUT2D eigenvalue weighted by Gasteiger charge is -2.34. The van der Waals surface area contributed by atoms with Gasteiger partial charge in [0.25, 0.3) is 0 Å². The molecule has 1 saturated heterocycles. The normalized spacial score (nSPS) is 16.9. The second-order valence-electron chi connectivity index (χ2n) is 6.93. The molecule has 0 aliphatic carbocycles. The second kappa shape index (κ2) is 8.16. The van der Waals surface area contributed by atoms with Crippen LogP contribution in [0.2, 0.25) is 0 Å². The van der Waals surface area contributed by atoms with Gasteiger partial charge in [0.1, 0.15) is 5.82 Å². The van der Waals surface area contributed by atoms with E-state index in [2.05, 4.69) is 52.5 Å². The van der Waals surface area contributed by atoms with Gasteiger partial charge in [-0.1, -0.05) is 25.1 Å². The van der Waals surface area contributed by atoms with Crippen molar-refractivity contribution in [2.75, 3.05) is 23.3 Å². The quantitative estimate of drug-likeness (QED) is 0.740. The van der Waals surface area contributed by atoms with E-state index in [1.54, 1.807) is 12.4 Å². The Kier molecular flexibility index (Phi) is 5.28. The Hall–Kier alpha value is -2.95. The van der Waals surface area contributed by atoms with Crippen LogP contribution in [0.1, 0.15) is 25.5 Å². The van der Waals surface area contributed by atoms with Crippen LogP contribution in [0.5, 0.6) is 0 Å². The average molecular weight is 359 g/mol. The minimum absolute atomic E-state index is 0.422. The molecule has 27 heavy (non-hydrogen) atoms. The van der Waals surface area contributed by atoms with Crippen LogP contribution in [0.15, 0.2) is 60.9 Å². The Morgan fingerprint density at radius 2 is 1.89 bits per heavy atom. The molecule has 0 bridgehead atoms. The summed E-state index contributed by atoms with van der Waals surface area (Å²) < 4.78 is 0. The summed E-state index contributed by atoms with van der Waals surface area (Å²) >= 11 is 0. The third kappa shape index (κ3) is 4.25. The fourth-order valence-electron chi connectivity index (χ4n) is 3.53. The lowest BCUT2D eigenvalue weighted by molar-refractivity contribution is 0.526. The molecule has 1 unspecified atom stereocenters. The lowest BCUT2D eigenvalue weighted by atomic mass is 10.0. The molecule has 1 atom stereocenters. The first-order chi connectivity index (χ1) is 13.3. The standard InChI is InChI=1S/C22H25N5/c1-2-18-15-21(26-22(25-18)17-10-12-23-13-11-17)27-14-6-9-20(16-27)24-19-7-4-3-5-8-19/h3-5,7-8,10-13,15,20,24H,2,6,9,14,16H2,1H3. The van der Waals surface area contributed by atoms with Gasteiger partial charge in [0.15, 0.2) is 5.82 Å². The summed E-state index contributed by atoms with van der Waals surface area (Å²) in [5.41, 5.74) is 3.27. The van der Waals surface area contributed by atoms with Gasteiger partial charge in [0.2, 0.25) is 0 Å². The number of aryl methyl sites for hydroxylation is 1. The highest BCUT2D eigenvalue weighted by Crippen LogP contribution is 2.24. The molecular weight excluding hydrogens is 334 g/mol. The molecule has 138 valence electrons. The van der Waals surface area contributed by atoms with Crippen LogP contribution in [-0.4, -0.2) is 34.1 Å². The second-order valence-corrected chi connectivity index (χ2v) is 6.93. The molecule has 2 aromatic heterocycles. The molecular formula is C22H25N5. The Labute approximate surface area is 160 Å². The Bertz CT molecular complexity index is 866. The largest absolute Gasteiger partial charge is 0.381 e. The van der Waals surface area contributed by atoms with Crippen molar-refractivity contribution in [2.45, 2.75) is 32.2 Å². The van der Waals surface area contributed by atoms with E-state index in [-0.39, 0.29) is 0 Å². The van der Waals surface area contributed by atoms with Gasteiger partial charge in [-0.15, -0.1) is 0 Å². The maximum Gasteiger partial charge on any atom is 0.161 e. The number of aromatic nitrogens is 3. The van der Waals surface area contributed by atoms with Crippen LogP contribution < -0.4 is 10.2 Å². The molecule has 3 aromatic rings. The molecule has 0 amide bonds. The van der Waals surface area contributed by atoms with Gasteiger partial charge in [-0.05, 0) is 43.5 Å². The molecule has 0 saturated carbocycles. The fourth-order valence-corrected chi connectivity index (χ4v) is 3.53. The number of pyridine rings is 1. The van der Waals surface area contributed by atoms with Crippen LogP contribution in [-0.2, 0) is 6.42 Å². The van der Waals surface area contributed by atoms with Crippen molar-refractivity contribution in [3.8, 4) is 11.4 Å².